The molecule has 0 aromatic carbocycles. The molecule has 0 radical (unpaired) electrons. The number of nitrogens with zero attached hydrogens (tertiary/aromatic N) is 3. The van der Waals surface area contributed by atoms with Gasteiger partial charge in [0, 0.05) is 20.1 Å². The highest BCUT2D eigenvalue weighted by molar-refractivity contribution is 5.64. The first-order chi connectivity index (χ1) is 9.10. The normalized spacial score (nSPS) is 10.6. The first-order valence-electron chi connectivity index (χ1n) is 6.55. The summed E-state index contributed by atoms with van der Waals surface area (Å²) in [6.07, 6.45) is 1.77. The molecule has 1 heterocycles. The number of rotatable bonds is 8. The lowest BCUT2D eigenvalue weighted by Crippen LogP contribution is -2.25. The summed E-state index contributed by atoms with van der Waals surface area (Å²) in [6, 6.07) is 0. The zero-order chi connectivity index (χ0) is 14.3. The number of aromatic nitrogens is 2. The van der Waals surface area contributed by atoms with Crippen molar-refractivity contribution in [3.8, 4) is 5.75 Å². The van der Waals surface area contributed by atoms with Gasteiger partial charge in [-0.1, -0.05) is 0 Å². The summed E-state index contributed by atoms with van der Waals surface area (Å²) in [5.41, 5.74) is 0. The van der Waals surface area contributed by atoms with Crippen LogP contribution in [0.15, 0.2) is 6.33 Å². The van der Waals surface area contributed by atoms with Gasteiger partial charge < -0.3 is 19.7 Å². The van der Waals surface area contributed by atoms with E-state index in [-0.39, 0.29) is 6.10 Å². The smallest absolute Gasteiger partial charge is 0.204 e. The molecular formula is C13H24N4O2. The van der Waals surface area contributed by atoms with Crippen molar-refractivity contribution in [1.29, 1.82) is 0 Å². The van der Waals surface area contributed by atoms with Crippen LogP contribution in [0.2, 0.25) is 0 Å². The Morgan fingerprint density at radius 1 is 1.37 bits per heavy atom. The fourth-order valence-corrected chi connectivity index (χ4v) is 1.65. The van der Waals surface area contributed by atoms with Gasteiger partial charge in [-0.2, -0.15) is 0 Å². The third-order valence-electron chi connectivity index (χ3n) is 2.57. The van der Waals surface area contributed by atoms with Gasteiger partial charge in [-0.3, -0.25) is 0 Å². The minimum absolute atomic E-state index is 0.234. The van der Waals surface area contributed by atoms with Crippen molar-refractivity contribution in [2.75, 3.05) is 44.1 Å². The van der Waals surface area contributed by atoms with Gasteiger partial charge >= 0.3 is 0 Å². The second-order valence-corrected chi connectivity index (χ2v) is 4.45. The topological polar surface area (TPSA) is 59.5 Å². The molecule has 6 heteroatoms. The zero-order valence-electron chi connectivity index (χ0n) is 12.4. The highest BCUT2D eigenvalue weighted by Crippen LogP contribution is 2.30. The number of nitrogens with one attached hydrogen (secondary N) is 1. The van der Waals surface area contributed by atoms with E-state index in [4.69, 9.17) is 9.47 Å². The Morgan fingerprint density at radius 2 is 2.11 bits per heavy atom. The average molecular weight is 268 g/mol. The molecule has 0 aliphatic heterocycles. The van der Waals surface area contributed by atoms with Crippen LogP contribution >= 0.6 is 0 Å². The van der Waals surface area contributed by atoms with E-state index in [0.717, 1.165) is 18.9 Å². The number of methoxy groups -OCH3 is 1. The predicted octanol–water partition coefficient (Wildman–Crippen LogP) is 1.78. The number of hydrogen-bond acceptors (Lipinski definition) is 6. The van der Waals surface area contributed by atoms with E-state index >= 15 is 0 Å². The lowest BCUT2D eigenvalue weighted by atomic mass is 10.4. The van der Waals surface area contributed by atoms with E-state index in [2.05, 4.69) is 15.3 Å². The lowest BCUT2D eigenvalue weighted by molar-refractivity contribution is 0.0845. The Balaban J connectivity index is 2.77. The molecule has 1 aromatic heterocycles. The molecule has 1 rings (SSSR count). The van der Waals surface area contributed by atoms with Crippen molar-refractivity contribution in [2.24, 2.45) is 0 Å². The van der Waals surface area contributed by atoms with Gasteiger partial charge in [-0.15, -0.1) is 0 Å². The van der Waals surface area contributed by atoms with E-state index in [1.807, 2.05) is 32.7 Å². The summed E-state index contributed by atoms with van der Waals surface area (Å²) in [4.78, 5) is 10.5. The third-order valence-corrected chi connectivity index (χ3v) is 2.57. The van der Waals surface area contributed by atoms with Crippen molar-refractivity contribution in [2.45, 2.75) is 26.9 Å². The molecule has 0 aliphatic carbocycles. The summed E-state index contributed by atoms with van der Waals surface area (Å²) in [5, 5.41) is 3.16. The molecule has 0 bridgehead atoms. The molecule has 6 nitrogen and oxygen atoms in total. The lowest BCUT2D eigenvalue weighted by Gasteiger charge is -2.22. The Kier molecular flexibility index (Phi) is 6.35. The van der Waals surface area contributed by atoms with Crippen molar-refractivity contribution >= 4 is 11.6 Å². The van der Waals surface area contributed by atoms with Gasteiger partial charge in [-0.25, -0.2) is 9.97 Å². The van der Waals surface area contributed by atoms with E-state index in [1.54, 1.807) is 7.11 Å². The molecular weight excluding hydrogens is 244 g/mol. The molecule has 0 fully saturated rings. The molecule has 0 unspecified atom stereocenters. The van der Waals surface area contributed by atoms with Crippen LogP contribution in [0.3, 0.4) is 0 Å². The second-order valence-electron chi connectivity index (χ2n) is 4.45. The maximum absolute atomic E-state index is 5.54. The number of hydrogen-bond donors (Lipinski definition) is 1. The van der Waals surface area contributed by atoms with Crippen molar-refractivity contribution in [3.63, 3.8) is 0 Å². The van der Waals surface area contributed by atoms with Crippen molar-refractivity contribution in [1.82, 2.24) is 9.97 Å². The van der Waals surface area contributed by atoms with E-state index in [1.165, 1.54) is 6.33 Å². The maximum Gasteiger partial charge on any atom is 0.204 e. The zero-order valence-corrected chi connectivity index (χ0v) is 12.4. The summed E-state index contributed by atoms with van der Waals surface area (Å²) in [5.74, 6) is 2.14. The van der Waals surface area contributed by atoms with Gasteiger partial charge in [0.25, 0.3) is 0 Å². The SMILES string of the molecule is CCNc1ncnc(N(C)CCOC(C)C)c1OC. The molecule has 0 spiro atoms. The van der Waals surface area contributed by atoms with Crippen LogP contribution in [-0.4, -0.2) is 49.9 Å². The first kappa shape index (κ1) is 15.5. The van der Waals surface area contributed by atoms with Gasteiger partial charge in [0.05, 0.1) is 19.8 Å². The Bertz CT molecular complexity index is 385. The summed E-state index contributed by atoms with van der Waals surface area (Å²) in [7, 11) is 3.59. The summed E-state index contributed by atoms with van der Waals surface area (Å²) in [6.45, 7) is 8.24. The molecule has 108 valence electrons. The van der Waals surface area contributed by atoms with E-state index in [0.29, 0.717) is 18.2 Å². The van der Waals surface area contributed by atoms with Crippen LogP contribution in [0.1, 0.15) is 20.8 Å². The minimum Gasteiger partial charge on any atom is -0.490 e. The van der Waals surface area contributed by atoms with Crippen molar-refractivity contribution in [3.05, 3.63) is 6.33 Å². The Hall–Kier alpha value is -1.56. The first-order valence-corrected chi connectivity index (χ1v) is 6.55. The number of ether oxygens (including phenoxy) is 2. The van der Waals surface area contributed by atoms with Gasteiger partial charge in [-0.05, 0) is 20.8 Å². The molecule has 0 saturated carbocycles. The van der Waals surface area contributed by atoms with Crippen LogP contribution in [0, 0.1) is 0 Å². The van der Waals surface area contributed by atoms with Crippen LogP contribution in [0.25, 0.3) is 0 Å². The molecule has 0 amide bonds. The molecule has 0 aliphatic rings. The molecule has 1 aromatic rings. The van der Waals surface area contributed by atoms with Crippen LogP contribution in [0.4, 0.5) is 11.6 Å². The van der Waals surface area contributed by atoms with Gasteiger partial charge in [0.1, 0.15) is 6.33 Å². The summed E-state index contributed by atoms with van der Waals surface area (Å²) >= 11 is 0. The highest BCUT2D eigenvalue weighted by atomic mass is 16.5. The van der Waals surface area contributed by atoms with Crippen LogP contribution < -0.4 is 15.0 Å². The van der Waals surface area contributed by atoms with E-state index < -0.39 is 0 Å². The Labute approximate surface area is 115 Å². The van der Waals surface area contributed by atoms with Crippen molar-refractivity contribution < 1.29 is 9.47 Å². The molecule has 1 N–H and O–H groups in total. The quantitative estimate of drug-likeness (QED) is 0.775. The number of likely N-dealkylation sites (N-methyl/N-ethyl adjacent to an activating group) is 1. The molecule has 0 saturated heterocycles. The average Bonchev–Trinajstić information content (AvgIpc) is 2.38. The van der Waals surface area contributed by atoms with Crippen LogP contribution in [-0.2, 0) is 4.74 Å². The standard InChI is InChI=1S/C13H24N4O2/c1-6-14-12-11(18-5)13(16-9-15-12)17(4)7-8-19-10(2)3/h9-10H,6-8H2,1-5H3,(H,14,15,16). The summed E-state index contributed by atoms with van der Waals surface area (Å²) < 4.78 is 11.0. The largest absolute Gasteiger partial charge is 0.490 e. The maximum atomic E-state index is 5.54. The monoisotopic (exact) mass is 268 g/mol. The minimum atomic E-state index is 0.234. The molecule has 0 atom stereocenters. The fraction of sp³-hybridized carbons (Fsp3) is 0.692. The van der Waals surface area contributed by atoms with Gasteiger partial charge in [0.2, 0.25) is 5.75 Å². The fourth-order valence-electron chi connectivity index (χ4n) is 1.65. The van der Waals surface area contributed by atoms with Crippen LogP contribution in [0.5, 0.6) is 5.75 Å². The Morgan fingerprint density at radius 3 is 2.68 bits per heavy atom. The second kappa shape index (κ2) is 7.78. The van der Waals surface area contributed by atoms with Gasteiger partial charge in [0.15, 0.2) is 11.6 Å². The molecule has 19 heavy (non-hydrogen) atoms. The predicted molar refractivity (Wildman–Crippen MR) is 77.1 cm³/mol. The third kappa shape index (κ3) is 4.55. The van der Waals surface area contributed by atoms with E-state index in [9.17, 15) is 0 Å². The highest BCUT2D eigenvalue weighted by Gasteiger charge is 2.15. The number of anilines is 2.